The molecule has 0 amide bonds. The summed E-state index contributed by atoms with van der Waals surface area (Å²) in [6, 6.07) is 3.96. The fourth-order valence-electron chi connectivity index (χ4n) is 3.70. The second-order valence-electron chi connectivity index (χ2n) is 6.67. The van der Waals surface area contributed by atoms with E-state index in [-0.39, 0.29) is 5.60 Å². The molecule has 23 heavy (non-hydrogen) atoms. The Morgan fingerprint density at radius 2 is 2.39 bits per heavy atom. The summed E-state index contributed by atoms with van der Waals surface area (Å²) in [5.41, 5.74) is -0.186. The van der Waals surface area contributed by atoms with Crippen LogP contribution in [0.1, 0.15) is 12.2 Å². The Balaban J connectivity index is 1.40. The van der Waals surface area contributed by atoms with Crippen molar-refractivity contribution in [1.29, 1.82) is 0 Å². The first-order valence-electron chi connectivity index (χ1n) is 8.24. The Kier molecular flexibility index (Phi) is 4.20. The molecule has 6 nitrogen and oxygen atoms in total. The summed E-state index contributed by atoms with van der Waals surface area (Å²) in [5.74, 6) is 1.51. The van der Waals surface area contributed by atoms with E-state index in [4.69, 9.17) is 13.9 Å². The number of ether oxygens (including phenoxy) is 2. The minimum Gasteiger partial charge on any atom is -0.468 e. The highest BCUT2D eigenvalue weighted by Gasteiger charge is 2.43. The second kappa shape index (κ2) is 6.47. The van der Waals surface area contributed by atoms with Gasteiger partial charge in [0.2, 0.25) is 0 Å². The van der Waals surface area contributed by atoms with Crippen molar-refractivity contribution in [2.45, 2.75) is 25.1 Å². The predicted octanol–water partition coefficient (Wildman–Crippen LogP) is 1.78. The minimum atomic E-state index is -0.186. The van der Waals surface area contributed by atoms with Crippen LogP contribution in [0.15, 0.2) is 41.5 Å². The molecule has 2 aromatic heterocycles. The Bertz CT molecular complexity index is 599. The van der Waals surface area contributed by atoms with Crippen LogP contribution >= 0.6 is 0 Å². The maximum absolute atomic E-state index is 6.24. The predicted molar refractivity (Wildman–Crippen MR) is 83.8 cm³/mol. The average Bonchev–Trinajstić information content (AvgIpc) is 3.25. The van der Waals surface area contributed by atoms with Gasteiger partial charge in [0.1, 0.15) is 11.4 Å². The highest BCUT2D eigenvalue weighted by atomic mass is 16.5. The fraction of sp³-hybridized carbons (Fsp3) is 0.588. The third kappa shape index (κ3) is 3.49. The lowest BCUT2D eigenvalue weighted by molar-refractivity contribution is -0.0566. The van der Waals surface area contributed by atoms with Gasteiger partial charge in [-0.05, 0) is 18.6 Å². The molecule has 2 aliphatic rings. The molecule has 4 rings (SSSR count). The van der Waals surface area contributed by atoms with Gasteiger partial charge in [0.05, 0.1) is 39.0 Å². The van der Waals surface area contributed by atoms with E-state index < -0.39 is 0 Å². The van der Waals surface area contributed by atoms with Gasteiger partial charge >= 0.3 is 0 Å². The number of nitrogens with zero attached hydrogens (tertiary/aromatic N) is 3. The summed E-state index contributed by atoms with van der Waals surface area (Å²) in [7, 11) is 0. The highest BCUT2D eigenvalue weighted by molar-refractivity contribution is 5.00. The van der Waals surface area contributed by atoms with Crippen molar-refractivity contribution >= 4 is 0 Å². The number of furan rings is 1. The summed E-state index contributed by atoms with van der Waals surface area (Å²) in [5, 5.41) is 0. The maximum Gasteiger partial charge on any atom is 0.117 e. The van der Waals surface area contributed by atoms with E-state index >= 15 is 0 Å². The number of rotatable bonds is 4. The SMILES string of the molecule is c1coc(CN2CCOC[C@]3(C[C@H](Cn4ccnc4)CO3)C2)c1. The molecule has 2 aromatic rings. The minimum absolute atomic E-state index is 0.186. The van der Waals surface area contributed by atoms with Crippen molar-refractivity contribution in [2.24, 2.45) is 5.92 Å². The van der Waals surface area contributed by atoms with Crippen LogP contribution in [-0.2, 0) is 22.6 Å². The van der Waals surface area contributed by atoms with Gasteiger partial charge in [0.15, 0.2) is 0 Å². The van der Waals surface area contributed by atoms with Crippen molar-refractivity contribution in [3.8, 4) is 0 Å². The lowest BCUT2D eigenvalue weighted by Gasteiger charge is -2.30. The lowest BCUT2D eigenvalue weighted by Crippen LogP contribution is -2.43. The zero-order chi connectivity index (χ0) is 15.5. The van der Waals surface area contributed by atoms with E-state index in [0.29, 0.717) is 12.5 Å². The number of hydrogen-bond donors (Lipinski definition) is 0. The molecule has 124 valence electrons. The summed E-state index contributed by atoms with van der Waals surface area (Å²) in [6.45, 7) is 5.80. The third-order valence-electron chi connectivity index (χ3n) is 4.70. The van der Waals surface area contributed by atoms with E-state index in [1.54, 1.807) is 6.26 Å². The number of hydrogen-bond acceptors (Lipinski definition) is 5. The molecule has 1 spiro atoms. The van der Waals surface area contributed by atoms with Gasteiger partial charge in [-0.15, -0.1) is 0 Å². The summed E-state index contributed by atoms with van der Waals surface area (Å²) >= 11 is 0. The van der Waals surface area contributed by atoms with Crippen LogP contribution in [-0.4, -0.2) is 53.0 Å². The van der Waals surface area contributed by atoms with E-state index in [1.807, 2.05) is 30.9 Å². The molecule has 2 fully saturated rings. The van der Waals surface area contributed by atoms with Gasteiger partial charge in [-0.1, -0.05) is 0 Å². The summed E-state index contributed by atoms with van der Waals surface area (Å²) in [4.78, 5) is 6.50. The summed E-state index contributed by atoms with van der Waals surface area (Å²) in [6.07, 6.45) is 8.47. The third-order valence-corrected chi connectivity index (χ3v) is 4.70. The van der Waals surface area contributed by atoms with Gasteiger partial charge in [0.25, 0.3) is 0 Å². The largest absolute Gasteiger partial charge is 0.468 e. The molecule has 0 aromatic carbocycles. The molecule has 2 saturated heterocycles. The fourth-order valence-corrected chi connectivity index (χ4v) is 3.70. The van der Waals surface area contributed by atoms with E-state index in [1.165, 1.54) is 0 Å². The monoisotopic (exact) mass is 317 g/mol. The lowest BCUT2D eigenvalue weighted by atomic mass is 9.94. The van der Waals surface area contributed by atoms with Gasteiger partial charge in [-0.25, -0.2) is 4.98 Å². The van der Waals surface area contributed by atoms with Crippen LogP contribution in [0.5, 0.6) is 0 Å². The van der Waals surface area contributed by atoms with Crippen LogP contribution in [0.25, 0.3) is 0 Å². The van der Waals surface area contributed by atoms with Crippen LogP contribution < -0.4 is 0 Å². The van der Waals surface area contributed by atoms with Crippen molar-refractivity contribution in [1.82, 2.24) is 14.5 Å². The Labute approximate surface area is 136 Å². The van der Waals surface area contributed by atoms with Crippen molar-refractivity contribution in [3.63, 3.8) is 0 Å². The Morgan fingerprint density at radius 1 is 1.39 bits per heavy atom. The molecule has 0 radical (unpaired) electrons. The summed E-state index contributed by atoms with van der Waals surface area (Å²) < 4.78 is 19.7. The topological polar surface area (TPSA) is 52.7 Å². The van der Waals surface area contributed by atoms with Crippen LogP contribution in [0.4, 0.5) is 0 Å². The van der Waals surface area contributed by atoms with Gasteiger partial charge in [0, 0.05) is 37.9 Å². The number of imidazole rings is 1. The molecule has 2 aliphatic heterocycles. The molecule has 4 heterocycles. The smallest absolute Gasteiger partial charge is 0.117 e. The van der Waals surface area contributed by atoms with Gasteiger partial charge < -0.3 is 18.5 Å². The van der Waals surface area contributed by atoms with Gasteiger partial charge in [-0.3, -0.25) is 4.90 Å². The molecule has 0 bridgehead atoms. The molecule has 2 atom stereocenters. The standard InChI is InChI=1S/C17H23N3O3/c1-2-16(22-6-1)10-19-5-7-21-13-17(12-19)8-15(11-23-17)9-20-4-3-18-14-20/h1-4,6,14-15H,5,7-13H2/t15-,17+/m1/s1. The van der Waals surface area contributed by atoms with Crippen molar-refractivity contribution < 1.29 is 13.9 Å². The molecular formula is C17H23N3O3. The van der Waals surface area contributed by atoms with Crippen LogP contribution in [0.2, 0.25) is 0 Å². The Morgan fingerprint density at radius 3 is 3.22 bits per heavy atom. The number of aromatic nitrogens is 2. The van der Waals surface area contributed by atoms with E-state index in [0.717, 1.165) is 51.6 Å². The second-order valence-corrected chi connectivity index (χ2v) is 6.67. The van der Waals surface area contributed by atoms with Crippen LogP contribution in [0.3, 0.4) is 0 Å². The first-order chi connectivity index (χ1) is 11.3. The first kappa shape index (κ1) is 14.9. The van der Waals surface area contributed by atoms with E-state index in [2.05, 4.69) is 14.5 Å². The highest BCUT2D eigenvalue weighted by Crippen LogP contribution is 2.34. The molecular weight excluding hydrogens is 294 g/mol. The van der Waals surface area contributed by atoms with Gasteiger partial charge in [-0.2, -0.15) is 0 Å². The quantitative estimate of drug-likeness (QED) is 0.860. The average molecular weight is 317 g/mol. The zero-order valence-corrected chi connectivity index (χ0v) is 13.3. The molecule has 6 heteroatoms. The van der Waals surface area contributed by atoms with Crippen LogP contribution in [0, 0.1) is 5.92 Å². The maximum atomic E-state index is 6.24. The molecule has 0 N–H and O–H groups in total. The first-order valence-corrected chi connectivity index (χ1v) is 8.24. The van der Waals surface area contributed by atoms with Crippen molar-refractivity contribution in [2.75, 3.05) is 32.9 Å². The molecule has 0 aliphatic carbocycles. The zero-order valence-electron chi connectivity index (χ0n) is 13.3. The van der Waals surface area contributed by atoms with Crippen molar-refractivity contribution in [3.05, 3.63) is 42.9 Å². The molecule has 0 unspecified atom stereocenters. The van der Waals surface area contributed by atoms with E-state index in [9.17, 15) is 0 Å². The normalized spacial score (nSPS) is 29.1. The Hall–Kier alpha value is -1.63. The molecule has 0 saturated carbocycles.